The smallest absolute Gasteiger partial charge is 0.245 e. The summed E-state index contributed by atoms with van der Waals surface area (Å²) in [5.41, 5.74) is 1.54. The summed E-state index contributed by atoms with van der Waals surface area (Å²) >= 11 is 4.63. The van der Waals surface area contributed by atoms with Gasteiger partial charge in [-0.2, -0.15) is 0 Å². The van der Waals surface area contributed by atoms with Gasteiger partial charge in [-0.25, -0.2) is 13.9 Å². The van der Waals surface area contributed by atoms with Crippen molar-refractivity contribution in [3.63, 3.8) is 0 Å². The van der Waals surface area contributed by atoms with E-state index in [1.165, 1.54) is 11.3 Å². The second-order valence-corrected chi connectivity index (χ2v) is 9.51. The van der Waals surface area contributed by atoms with E-state index in [-0.39, 0.29) is 12.2 Å². The highest BCUT2D eigenvalue weighted by Crippen LogP contribution is 2.43. The maximum Gasteiger partial charge on any atom is 0.245 e. The van der Waals surface area contributed by atoms with E-state index in [4.69, 9.17) is 5.21 Å². The summed E-state index contributed by atoms with van der Waals surface area (Å²) in [6, 6.07) is 3.49. The summed E-state index contributed by atoms with van der Waals surface area (Å²) in [7, 11) is -3.51. The van der Waals surface area contributed by atoms with E-state index in [1.807, 2.05) is 0 Å². The highest BCUT2D eigenvalue weighted by atomic mass is 79.9. The summed E-state index contributed by atoms with van der Waals surface area (Å²) < 4.78 is 24.9. The van der Waals surface area contributed by atoms with Crippen LogP contribution in [0.4, 0.5) is 0 Å². The van der Waals surface area contributed by atoms with Crippen LogP contribution in [0, 0.1) is 0 Å². The zero-order chi connectivity index (χ0) is 14.8. The first-order valence-electron chi connectivity index (χ1n) is 6.03. The number of carbonyl (C=O) groups is 1. The van der Waals surface area contributed by atoms with E-state index in [0.29, 0.717) is 24.4 Å². The van der Waals surface area contributed by atoms with Gasteiger partial charge in [0.05, 0.1) is 16.0 Å². The second kappa shape index (κ2) is 6.10. The molecule has 1 aliphatic heterocycles. The molecule has 3 N–H and O–H groups in total. The van der Waals surface area contributed by atoms with Gasteiger partial charge in [0.15, 0.2) is 9.84 Å². The predicted octanol–water partition coefficient (Wildman–Crippen LogP) is 1.01. The van der Waals surface area contributed by atoms with Crippen molar-refractivity contribution < 1.29 is 18.4 Å². The van der Waals surface area contributed by atoms with Crippen molar-refractivity contribution in [2.75, 3.05) is 18.8 Å². The first-order valence-corrected chi connectivity index (χ1v) is 9.29. The Kier molecular flexibility index (Phi) is 4.85. The summed E-state index contributed by atoms with van der Waals surface area (Å²) in [5, 5.41) is 11.8. The molecule has 1 saturated heterocycles. The van der Waals surface area contributed by atoms with Gasteiger partial charge in [-0.1, -0.05) is 0 Å². The number of rotatable bonds is 3. The minimum absolute atomic E-state index is 0.0266. The molecule has 1 aromatic heterocycles. The number of nitrogens with one attached hydrogen (secondary N) is 2. The van der Waals surface area contributed by atoms with Crippen molar-refractivity contribution in [1.29, 1.82) is 0 Å². The third-order valence-corrected chi connectivity index (χ3v) is 7.90. The Morgan fingerprint density at radius 3 is 2.85 bits per heavy atom. The Hall–Kier alpha value is -0.480. The molecule has 2 rings (SSSR count). The number of hydrogen-bond donors (Lipinski definition) is 3. The minimum Gasteiger partial charge on any atom is -0.316 e. The van der Waals surface area contributed by atoms with Crippen molar-refractivity contribution in [1.82, 2.24) is 10.8 Å². The van der Waals surface area contributed by atoms with Crippen LogP contribution in [-0.2, 0) is 19.4 Å². The molecule has 9 heteroatoms. The standard InChI is InChI=1S/C11H15BrN2O4S2/c12-9-2-1-8(19-9)11(7-10(15)14-16)3-4-13-5-6-20(11,17)18/h1-2,13,16H,3-7H2,(H,14,15). The molecule has 112 valence electrons. The van der Waals surface area contributed by atoms with Crippen LogP contribution < -0.4 is 10.8 Å². The minimum atomic E-state index is -3.51. The third-order valence-electron chi connectivity index (χ3n) is 3.44. The molecule has 1 aromatic rings. The maximum atomic E-state index is 12.7. The molecule has 1 fully saturated rings. The van der Waals surface area contributed by atoms with Crippen molar-refractivity contribution in [3.8, 4) is 0 Å². The van der Waals surface area contributed by atoms with Gasteiger partial charge in [-0.3, -0.25) is 10.0 Å². The van der Waals surface area contributed by atoms with E-state index < -0.39 is 20.5 Å². The molecule has 0 saturated carbocycles. The van der Waals surface area contributed by atoms with Crippen molar-refractivity contribution in [2.45, 2.75) is 17.6 Å². The number of thiophene rings is 1. The van der Waals surface area contributed by atoms with E-state index >= 15 is 0 Å². The zero-order valence-corrected chi connectivity index (χ0v) is 13.8. The normalized spacial score (nSPS) is 25.9. The van der Waals surface area contributed by atoms with Crippen LogP contribution in [0.1, 0.15) is 17.7 Å². The molecule has 1 aliphatic rings. The molecule has 1 atom stereocenters. The lowest BCUT2D eigenvalue weighted by molar-refractivity contribution is -0.129. The number of hydroxylamine groups is 1. The van der Waals surface area contributed by atoms with Crippen LogP contribution in [0.3, 0.4) is 0 Å². The molecular weight excluding hydrogens is 368 g/mol. The molecule has 6 nitrogen and oxygen atoms in total. The van der Waals surface area contributed by atoms with Gasteiger partial charge in [0.25, 0.3) is 0 Å². The van der Waals surface area contributed by atoms with E-state index in [1.54, 1.807) is 17.6 Å². The Balaban J connectivity index is 2.55. The molecule has 1 amide bonds. The third kappa shape index (κ3) is 2.91. The summed E-state index contributed by atoms with van der Waals surface area (Å²) in [5.74, 6) is -0.721. The monoisotopic (exact) mass is 382 g/mol. The quantitative estimate of drug-likeness (QED) is 0.535. The molecule has 0 radical (unpaired) electrons. The van der Waals surface area contributed by atoms with Crippen LogP contribution in [0.2, 0.25) is 0 Å². The molecule has 0 spiro atoms. The zero-order valence-electron chi connectivity index (χ0n) is 10.6. The number of carbonyl (C=O) groups excluding carboxylic acids is 1. The van der Waals surface area contributed by atoms with Crippen LogP contribution in [0.15, 0.2) is 15.9 Å². The number of hydrogen-bond acceptors (Lipinski definition) is 6. The van der Waals surface area contributed by atoms with Gasteiger partial charge >= 0.3 is 0 Å². The Morgan fingerprint density at radius 2 is 2.25 bits per heavy atom. The van der Waals surface area contributed by atoms with Crippen molar-refractivity contribution in [2.24, 2.45) is 0 Å². The number of sulfone groups is 1. The highest BCUT2D eigenvalue weighted by molar-refractivity contribution is 9.11. The first kappa shape index (κ1) is 15.9. The lowest BCUT2D eigenvalue weighted by Gasteiger charge is -2.30. The average Bonchev–Trinajstić information content (AvgIpc) is 2.77. The topological polar surface area (TPSA) is 95.5 Å². The van der Waals surface area contributed by atoms with Crippen molar-refractivity contribution >= 4 is 43.0 Å². The van der Waals surface area contributed by atoms with Gasteiger partial charge in [0.1, 0.15) is 4.75 Å². The predicted molar refractivity (Wildman–Crippen MR) is 79.5 cm³/mol. The lowest BCUT2D eigenvalue weighted by Crippen LogP contribution is -2.41. The summed E-state index contributed by atoms with van der Waals surface area (Å²) in [6.07, 6.45) is 0.0240. The molecule has 20 heavy (non-hydrogen) atoms. The Bertz CT molecular complexity index is 601. The molecule has 0 aromatic carbocycles. The average molecular weight is 383 g/mol. The SMILES string of the molecule is O=C(CC1(c2ccc(Br)s2)CCNCCS1(=O)=O)NO. The van der Waals surface area contributed by atoms with Gasteiger partial charge < -0.3 is 5.32 Å². The van der Waals surface area contributed by atoms with Gasteiger partial charge in [0.2, 0.25) is 5.91 Å². The molecule has 1 unspecified atom stereocenters. The molecule has 0 aliphatic carbocycles. The maximum absolute atomic E-state index is 12.7. The Morgan fingerprint density at radius 1 is 1.50 bits per heavy atom. The summed E-state index contributed by atoms with van der Waals surface area (Å²) in [4.78, 5) is 12.2. The van der Waals surface area contributed by atoms with E-state index in [2.05, 4.69) is 21.2 Å². The second-order valence-electron chi connectivity index (χ2n) is 4.63. The first-order chi connectivity index (χ1) is 9.41. The lowest BCUT2D eigenvalue weighted by atomic mass is 9.97. The summed E-state index contributed by atoms with van der Waals surface area (Å²) in [6.45, 7) is 0.880. The highest BCUT2D eigenvalue weighted by Gasteiger charge is 2.48. The van der Waals surface area contributed by atoms with Crippen LogP contribution in [0.25, 0.3) is 0 Å². The molecule has 2 heterocycles. The number of halogens is 1. The molecular formula is C11H15BrN2O4S2. The van der Waals surface area contributed by atoms with Crippen molar-refractivity contribution in [3.05, 3.63) is 20.8 Å². The number of amides is 1. The van der Waals surface area contributed by atoms with Gasteiger partial charge in [0, 0.05) is 11.4 Å². The van der Waals surface area contributed by atoms with E-state index in [9.17, 15) is 13.2 Å². The Labute approximate surface area is 129 Å². The van der Waals surface area contributed by atoms with Crippen LogP contribution in [0.5, 0.6) is 0 Å². The fraction of sp³-hybridized carbons (Fsp3) is 0.545. The van der Waals surface area contributed by atoms with Crippen LogP contribution in [-0.4, -0.2) is 38.4 Å². The molecule has 0 bridgehead atoms. The fourth-order valence-corrected chi connectivity index (χ4v) is 6.34. The van der Waals surface area contributed by atoms with Gasteiger partial charge in [-0.15, -0.1) is 11.3 Å². The van der Waals surface area contributed by atoms with E-state index in [0.717, 1.165) is 3.79 Å². The van der Waals surface area contributed by atoms with Crippen LogP contribution >= 0.6 is 27.3 Å². The fourth-order valence-electron chi connectivity index (χ4n) is 2.39. The largest absolute Gasteiger partial charge is 0.316 e. The van der Waals surface area contributed by atoms with Gasteiger partial charge in [-0.05, 0) is 41.0 Å².